The molecule has 0 bridgehead atoms. The van der Waals surface area contributed by atoms with Crippen molar-refractivity contribution in [2.45, 2.75) is 82.7 Å². The van der Waals surface area contributed by atoms with Crippen molar-refractivity contribution >= 4 is 19.7 Å². The molecule has 3 aliphatic rings. The summed E-state index contributed by atoms with van der Waals surface area (Å²) < 4.78 is 45.2. The summed E-state index contributed by atoms with van der Waals surface area (Å²) in [6.07, 6.45) is 0.636. The normalized spacial score (nSPS) is 32.5. The maximum atomic E-state index is 16.3. The number of fused-ring (bicyclic) bond motifs is 2. The van der Waals surface area contributed by atoms with Crippen LogP contribution in [0, 0.1) is 18.3 Å². The lowest BCUT2D eigenvalue weighted by molar-refractivity contribution is -0.0228. The fourth-order valence-corrected chi connectivity index (χ4v) is 7.98. The molecule has 0 saturated carbocycles. The molecule has 3 aliphatic heterocycles. The number of aromatic nitrogens is 4. The average molecular weight is 555 g/mol. The van der Waals surface area contributed by atoms with Crippen LogP contribution in [0.3, 0.4) is 0 Å². The minimum absolute atomic E-state index is 0.178. The van der Waals surface area contributed by atoms with Gasteiger partial charge in [0.25, 0.3) is 8.53 Å². The van der Waals surface area contributed by atoms with E-state index in [0.717, 1.165) is 24.9 Å². The molecule has 0 aliphatic carbocycles. The van der Waals surface area contributed by atoms with Gasteiger partial charge in [0.05, 0.1) is 31.0 Å². The summed E-state index contributed by atoms with van der Waals surface area (Å²) in [6, 6.07) is 12.4. The van der Waals surface area contributed by atoms with E-state index in [4.69, 9.17) is 23.8 Å². The van der Waals surface area contributed by atoms with Crippen molar-refractivity contribution in [3.05, 3.63) is 48.0 Å². The van der Waals surface area contributed by atoms with Crippen LogP contribution in [0.1, 0.15) is 57.1 Å². The number of aryl methyl sites for hydroxylation is 1. The first-order chi connectivity index (χ1) is 18.9. The first-order valence-electron chi connectivity index (χ1n) is 13.4. The molecule has 0 amide bonds. The zero-order valence-corrected chi connectivity index (χ0v) is 23.1. The molecule has 6 rings (SSSR count). The minimum Gasteiger partial charge on any atom is -0.475 e. The monoisotopic (exact) mass is 554 g/mol. The Bertz CT molecular complexity index is 1370. The standard InChI is InChI=1S/C27H32FN6O4P/c1-4-19-23(37-39-34-14-8-12-20(34)27(3,38-39)18-10-6-5-7-11-18)21(28)26(36-19)33-16-30-22-24(33)31-17(2)32-25(22)35-15-9-13-29/h5-7,10-11,16,19-21,23,26H,4,8-9,12,14-15H2,1-3H3/t19-,20+,21?,23+,26-,27-,39+/m1/s1. The molecule has 1 aromatic carbocycles. The number of imidazole rings is 1. The van der Waals surface area contributed by atoms with Crippen molar-refractivity contribution in [2.75, 3.05) is 13.2 Å². The van der Waals surface area contributed by atoms with Gasteiger partial charge in [-0.05, 0) is 38.7 Å². The SMILES string of the molecule is CC[C@H]1O[C@@H](n2cnc3c(OCCC#N)nc(C)nc32)C(F)[C@H]1O[P@@]1O[C@](C)(c2ccccc2)[C@@H]2CCCN21. The number of alkyl halides is 1. The van der Waals surface area contributed by atoms with E-state index in [-0.39, 0.29) is 24.9 Å². The predicted octanol–water partition coefficient (Wildman–Crippen LogP) is 5.09. The average Bonchev–Trinajstić information content (AvgIpc) is 3.71. The lowest BCUT2D eigenvalue weighted by Crippen LogP contribution is -2.36. The maximum Gasteiger partial charge on any atom is 0.260 e. The van der Waals surface area contributed by atoms with Gasteiger partial charge < -0.3 is 18.5 Å². The number of nitrogens with zero attached hydrogens (tertiary/aromatic N) is 6. The van der Waals surface area contributed by atoms with Crippen LogP contribution < -0.4 is 4.74 Å². The number of nitriles is 1. The highest BCUT2D eigenvalue weighted by Crippen LogP contribution is 2.64. The second-order valence-electron chi connectivity index (χ2n) is 10.3. The summed E-state index contributed by atoms with van der Waals surface area (Å²) in [6.45, 7) is 6.85. The summed E-state index contributed by atoms with van der Waals surface area (Å²) in [5.74, 6) is 0.718. The van der Waals surface area contributed by atoms with Crippen molar-refractivity contribution < 1.29 is 22.9 Å². The highest BCUT2D eigenvalue weighted by molar-refractivity contribution is 7.45. The number of ether oxygens (including phenoxy) is 2. The third-order valence-electron chi connectivity index (χ3n) is 7.79. The fraction of sp³-hybridized carbons (Fsp3) is 0.556. The lowest BCUT2D eigenvalue weighted by Gasteiger charge is -2.29. The third kappa shape index (κ3) is 4.58. The lowest BCUT2D eigenvalue weighted by atomic mass is 9.87. The number of hydrogen-bond donors (Lipinski definition) is 0. The molecule has 1 unspecified atom stereocenters. The van der Waals surface area contributed by atoms with E-state index >= 15 is 4.39 Å². The van der Waals surface area contributed by atoms with Gasteiger partial charge in [-0.25, -0.2) is 19.0 Å². The molecule has 3 saturated heterocycles. The summed E-state index contributed by atoms with van der Waals surface area (Å²) in [7, 11) is -1.48. The van der Waals surface area contributed by atoms with Crippen molar-refractivity contribution in [3.8, 4) is 11.9 Å². The molecule has 5 heterocycles. The van der Waals surface area contributed by atoms with Crippen molar-refractivity contribution in [3.63, 3.8) is 0 Å². The Morgan fingerprint density at radius 2 is 2.10 bits per heavy atom. The highest BCUT2D eigenvalue weighted by Gasteiger charge is 2.57. The van der Waals surface area contributed by atoms with Crippen LogP contribution >= 0.6 is 8.53 Å². The molecule has 3 aromatic rings. The number of hydrogen-bond acceptors (Lipinski definition) is 9. The molecule has 3 fully saturated rings. The molecule has 2 aromatic heterocycles. The smallest absolute Gasteiger partial charge is 0.260 e. The van der Waals surface area contributed by atoms with Crippen LogP contribution in [-0.2, 0) is 19.4 Å². The topological polar surface area (TPSA) is 108 Å². The van der Waals surface area contributed by atoms with Crippen molar-refractivity contribution in [1.82, 2.24) is 24.2 Å². The Balaban J connectivity index is 1.26. The van der Waals surface area contributed by atoms with Crippen LogP contribution in [-0.4, -0.2) is 61.8 Å². The van der Waals surface area contributed by atoms with Gasteiger partial charge in [-0.1, -0.05) is 37.3 Å². The predicted molar refractivity (Wildman–Crippen MR) is 141 cm³/mol. The quantitative estimate of drug-likeness (QED) is 0.278. The van der Waals surface area contributed by atoms with Gasteiger partial charge >= 0.3 is 0 Å². The highest BCUT2D eigenvalue weighted by atomic mass is 31.2. The first-order valence-corrected chi connectivity index (χ1v) is 14.6. The Morgan fingerprint density at radius 1 is 1.28 bits per heavy atom. The molecule has 206 valence electrons. The molecular formula is C27H32FN6O4P. The molecule has 0 radical (unpaired) electrons. The molecular weight excluding hydrogens is 522 g/mol. The van der Waals surface area contributed by atoms with E-state index < -0.39 is 38.7 Å². The van der Waals surface area contributed by atoms with Crippen LogP contribution in [0.25, 0.3) is 11.2 Å². The van der Waals surface area contributed by atoms with Crippen LogP contribution in [0.2, 0.25) is 0 Å². The zero-order valence-electron chi connectivity index (χ0n) is 22.2. The van der Waals surface area contributed by atoms with E-state index in [1.165, 1.54) is 6.33 Å². The number of benzene rings is 1. The summed E-state index contributed by atoms with van der Waals surface area (Å²) in [5, 5.41) is 8.84. The van der Waals surface area contributed by atoms with E-state index in [1.54, 1.807) is 11.5 Å². The van der Waals surface area contributed by atoms with Gasteiger partial charge in [0.1, 0.15) is 24.1 Å². The van der Waals surface area contributed by atoms with E-state index in [9.17, 15) is 0 Å². The van der Waals surface area contributed by atoms with Gasteiger partial charge in [-0.3, -0.25) is 4.57 Å². The largest absolute Gasteiger partial charge is 0.475 e. The van der Waals surface area contributed by atoms with Gasteiger partial charge in [0.15, 0.2) is 23.6 Å². The second kappa shape index (κ2) is 10.7. The van der Waals surface area contributed by atoms with Crippen LogP contribution in [0.4, 0.5) is 4.39 Å². The van der Waals surface area contributed by atoms with Crippen LogP contribution in [0.15, 0.2) is 36.7 Å². The van der Waals surface area contributed by atoms with E-state index in [0.29, 0.717) is 23.4 Å². The van der Waals surface area contributed by atoms with Crippen molar-refractivity contribution in [1.29, 1.82) is 5.26 Å². The molecule has 0 spiro atoms. The van der Waals surface area contributed by atoms with Gasteiger partial charge in [-0.2, -0.15) is 10.2 Å². The van der Waals surface area contributed by atoms with Crippen LogP contribution in [0.5, 0.6) is 5.88 Å². The molecule has 39 heavy (non-hydrogen) atoms. The third-order valence-corrected chi connectivity index (χ3v) is 9.65. The second-order valence-corrected chi connectivity index (χ2v) is 11.7. The van der Waals surface area contributed by atoms with Gasteiger partial charge in [0, 0.05) is 6.54 Å². The Hall–Kier alpha value is -2.74. The van der Waals surface area contributed by atoms with Crippen molar-refractivity contribution in [2.24, 2.45) is 0 Å². The van der Waals surface area contributed by atoms with Gasteiger partial charge in [-0.15, -0.1) is 0 Å². The zero-order chi connectivity index (χ0) is 27.1. The molecule has 0 N–H and O–H groups in total. The summed E-state index contributed by atoms with van der Waals surface area (Å²) in [5.41, 5.74) is 1.39. The maximum absolute atomic E-state index is 16.3. The fourth-order valence-electron chi connectivity index (χ4n) is 5.83. The first kappa shape index (κ1) is 26.5. The minimum atomic E-state index is -1.48. The summed E-state index contributed by atoms with van der Waals surface area (Å²) in [4.78, 5) is 13.2. The molecule has 12 heteroatoms. The molecule has 7 atom stereocenters. The summed E-state index contributed by atoms with van der Waals surface area (Å²) >= 11 is 0. The number of rotatable bonds is 8. The number of halogens is 1. The Labute approximate surface area is 228 Å². The molecule has 10 nitrogen and oxygen atoms in total. The van der Waals surface area contributed by atoms with E-state index in [1.807, 2.05) is 31.2 Å². The Morgan fingerprint density at radius 3 is 2.87 bits per heavy atom. The van der Waals surface area contributed by atoms with E-state index in [2.05, 4.69) is 38.7 Å². The Kier molecular flexibility index (Phi) is 7.25. The van der Waals surface area contributed by atoms with Gasteiger partial charge in [0.2, 0.25) is 5.88 Å².